The Morgan fingerprint density at radius 3 is 2.13 bits per heavy atom. The zero-order chi connectivity index (χ0) is 12.0. The van der Waals surface area contributed by atoms with Crippen LogP contribution in [-0.2, 0) is 19.1 Å². The van der Waals surface area contributed by atoms with E-state index in [2.05, 4.69) is 10.1 Å². The number of ether oxygens (including phenoxy) is 1. The van der Waals surface area contributed by atoms with Crippen molar-refractivity contribution in [2.75, 3.05) is 7.11 Å². The first-order valence-corrected chi connectivity index (χ1v) is 4.85. The van der Waals surface area contributed by atoms with Crippen molar-refractivity contribution in [2.45, 2.75) is 33.2 Å². The minimum absolute atomic E-state index is 0.119. The smallest absolute Gasteiger partial charge is 0.328 e. The largest absolute Gasteiger partial charge is 0.467 e. The summed E-state index contributed by atoms with van der Waals surface area (Å²) in [6.07, 6.45) is 0.123. The number of amides is 1. The van der Waals surface area contributed by atoms with Gasteiger partial charge in [-0.3, -0.25) is 9.59 Å². The predicted molar refractivity (Wildman–Crippen MR) is 54.1 cm³/mol. The Morgan fingerprint density at radius 2 is 1.80 bits per heavy atom. The molecule has 1 amide bonds. The van der Waals surface area contributed by atoms with Crippen molar-refractivity contribution < 1.29 is 19.1 Å². The first kappa shape index (κ1) is 13.6. The van der Waals surface area contributed by atoms with Crippen LogP contribution in [0.2, 0.25) is 0 Å². The van der Waals surface area contributed by atoms with E-state index in [4.69, 9.17) is 0 Å². The van der Waals surface area contributed by atoms with Crippen molar-refractivity contribution in [3.05, 3.63) is 0 Å². The molecular weight excluding hydrogens is 198 g/mol. The van der Waals surface area contributed by atoms with Crippen LogP contribution in [0.15, 0.2) is 0 Å². The first-order chi connectivity index (χ1) is 6.93. The number of nitrogens with one attached hydrogen (secondary N) is 1. The summed E-state index contributed by atoms with van der Waals surface area (Å²) in [4.78, 5) is 33.5. The van der Waals surface area contributed by atoms with Gasteiger partial charge in [0.15, 0.2) is 0 Å². The van der Waals surface area contributed by atoms with Crippen molar-refractivity contribution >= 4 is 17.7 Å². The van der Waals surface area contributed by atoms with Gasteiger partial charge < -0.3 is 10.1 Å². The summed E-state index contributed by atoms with van der Waals surface area (Å²) in [5.41, 5.74) is 0. The van der Waals surface area contributed by atoms with E-state index in [-0.39, 0.29) is 12.3 Å². The molecule has 0 heterocycles. The second-order valence-corrected chi connectivity index (χ2v) is 3.50. The monoisotopic (exact) mass is 215 g/mol. The second kappa shape index (κ2) is 6.16. The Labute approximate surface area is 89.2 Å². The number of methoxy groups -OCH3 is 1. The van der Waals surface area contributed by atoms with Gasteiger partial charge in [0.05, 0.1) is 7.11 Å². The van der Waals surface area contributed by atoms with Gasteiger partial charge >= 0.3 is 5.97 Å². The van der Waals surface area contributed by atoms with Crippen molar-refractivity contribution in [1.29, 1.82) is 0 Å². The molecule has 1 atom stereocenters. The average Bonchev–Trinajstić information content (AvgIpc) is 2.22. The van der Waals surface area contributed by atoms with Gasteiger partial charge in [-0.1, -0.05) is 20.8 Å². The van der Waals surface area contributed by atoms with Gasteiger partial charge in [0, 0.05) is 6.42 Å². The van der Waals surface area contributed by atoms with Gasteiger partial charge in [0.2, 0.25) is 5.78 Å². The van der Waals surface area contributed by atoms with E-state index in [0.29, 0.717) is 0 Å². The van der Waals surface area contributed by atoms with Crippen molar-refractivity contribution in [3.63, 3.8) is 0 Å². The van der Waals surface area contributed by atoms with Crippen LogP contribution in [0.4, 0.5) is 0 Å². The fourth-order valence-electron chi connectivity index (χ4n) is 1.01. The molecule has 0 aromatic rings. The third-order valence-electron chi connectivity index (χ3n) is 1.98. The molecule has 5 heteroatoms. The molecule has 0 rings (SSSR count). The lowest BCUT2D eigenvalue weighted by molar-refractivity contribution is -0.147. The van der Waals surface area contributed by atoms with Crippen molar-refractivity contribution in [2.24, 2.45) is 5.92 Å². The molecule has 5 nitrogen and oxygen atoms in total. The Morgan fingerprint density at radius 1 is 1.27 bits per heavy atom. The fraction of sp³-hybridized carbons (Fsp3) is 0.700. The zero-order valence-corrected chi connectivity index (χ0v) is 9.49. The quantitative estimate of drug-likeness (QED) is 0.528. The molecule has 0 unspecified atom stereocenters. The van der Waals surface area contributed by atoms with E-state index in [0.717, 1.165) is 0 Å². The molecular formula is C10H17NO4. The van der Waals surface area contributed by atoms with Gasteiger partial charge in [-0.25, -0.2) is 4.79 Å². The van der Waals surface area contributed by atoms with Gasteiger partial charge in [0.25, 0.3) is 5.91 Å². The topological polar surface area (TPSA) is 72.5 Å². The molecule has 15 heavy (non-hydrogen) atoms. The number of ketones is 1. The SMILES string of the molecule is CCC(=O)C(=O)N[C@H](C(=O)OC)C(C)C. The lowest BCUT2D eigenvalue weighted by atomic mass is 10.0. The fourth-order valence-corrected chi connectivity index (χ4v) is 1.01. The molecule has 0 aromatic carbocycles. The number of Topliss-reactive ketones (excluding diaryl/α,β-unsaturated/α-hetero) is 1. The van der Waals surface area contributed by atoms with Crippen LogP contribution in [0.25, 0.3) is 0 Å². The van der Waals surface area contributed by atoms with Gasteiger partial charge in [-0.05, 0) is 5.92 Å². The van der Waals surface area contributed by atoms with Crippen LogP contribution in [0, 0.1) is 5.92 Å². The molecule has 1 N–H and O–H groups in total. The summed E-state index contributed by atoms with van der Waals surface area (Å²) >= 11 is 0. The Hall–Kier alpha value is -1.39. The van der Waals surface area contributed by atoms with E-state index >= 15 is 0 Å². The molecule has 0 aliphatic rings. The van der Waals surface area contributed by atoms with E-state index in [1.807, 2.05) is 0 Å². The number of esters is 1. The van der Waals surface area contributed by atoms with Gasteiger partial charge in [0.1, 0.15) is 6.04 Å². The number of rotatable bonds is 5. The van der Waals surface area contributed by atoms with Crippen LogP contribution in [0.5, 0.6) is 0 Å². The van der Waals surface area contributed by atoms with Crippen LogP contribution in [0.1, 0.15) is 27.2 Å². The first-order valence-electron chi connectivity index (χ1n) is 4.85. The highest BCUT2D eigenvalue weighted by Crippen LogP contribution is 2.03. The maximum atomic E-state index is 11.3. The van der Waals surface area contributed by atoms with Crippen LogP contribution >= 0.6 is 0 Å². The van der Waals surface area contributed by atoms with Crippen LogP contribution < -0.4 is 5.32 Å². The van der Waals surface area contributed by atoms with Crippen molar-refractivity contribution in [3.8, 4) is 0 Å². The Kier molecular flexibility index (Phi) is 5.59. The molecule has 86 valence electrons. The molecule has 0 bridgehead atoms. The Balaban J connectivity index is 4.49. The lowest BCUT2D eigenvalue weighted by Gasteiger charge is -2.18. The normalized spacial score (nSPS) is 12.1. The van der Waals surface area contributed by atoms with Gasteiger partial charge in [-0.2, -0.15) is 0 Å². The molecule has 0 aliphatic heterocycles. The van der Waals surface area contributed by atoms with E-state index < -0.39 is 23.7 Å². The van der Waals surface area contributed by atoms with Gasteiger partial charge in [-0.15, -0.1) is 0 Å². The highest BCUT2D eigenvalue weighted by Gasteiger charge is 2.26. The third-order valence-corrected chi connectivity index (χ3v) is 1.98. The van der Waals surface area contributed by atoms with Crippen LogP contribution in [-0.4, -0.2) is 30.8 Å². The summed E-state index contributed by atoms with van der Waals surface area (Å²) in [5, 5.41) is 2.35. The molecule has 0 aromatic heterocycles. The van der Waals surface area contributed by atoms with Crippen molar-refractivity contribution in [1.82, 2.24) is 5.32 Å². The molecule has 0 aliphatic carbocycles. The van der Waals surface area contributed by atoms with E-state index in [9.17, 15) is 14.4 Å². The number of carbonyl (C=O) groups is 3. The summed E-state index contributed by atoms with van der Waals surface area (Å²) in [6, 6.07) is -0.766. The maximum absolute atomic E-state index is 11.3. The second-order valence-electron chi connectivity index (χ2n) is 3.50. The number of hydrogen-bond donors (Lipinski definition) is 1. The lowest BCUT2D eigenvalue weighted by Crippen LogP contribution is -2.47. The van der Waals surface area contributed by atoms with E-state index in [1.54, 1.807) is 20.8 Å². The third kappa shape index (κ3) is 4.10. The standard InChI is InChI=1S/C10H17NO4/c1-5-7(12)9(13)11-8(6(2)3)10(14)15-4/h6,8H,5H2,1-4H3,(H,11,13)/t8-/m0/s1. The molecule has 0 radical (unpaired) electrons. The molecule has 0 fully saturated rings. The van der Waals surface area contributed by atoms with E-state index in [1.165, 1.54) is 7.11 Å². The highest BCUT2D eigenvalue weighted by molar-refractivity contribution is 6.36. The Bertz CT molecular complexity index is 260. The maximum Gasteiger partial charge on any atom is 0.328 e. The predicted octanol–water partition coefficient (Wildman–Crippen LogP) is 0.279. The highest BCUT2D eigenvalue weighted by atomic mass is 16.5. The molecule has 0 spiro atoms. The molecule has 0 saturated heterocycles. The summed E-state index contributed by atoms with van der Waals surface area (Å²) < 4.78 is 4.52. The summed E-state index contributed by atoms with van der Waals surface area (Å²) in [6.45, 7) is 5.11. The number of carbonyl (C=O) groups excluding carboxylic acids is 3. The van der Waals surface area contributed by atoms with Crippen LogP contribution in [0.3, 0.4) is 0 Å². The zero-order valence-electron chi connectivity index (χ0n) is 9.49. The summed E-state index contributed by atoms with van der Waals surface area (Å²) in [5.74, 6) is -1.93. The average molecular weight is 215 g/mol. The number of hydrogen-bond acceptors (Lipinski definition) is 4. The summed E-state index contributed by atoms with van der Waals surface area (Å²) in [7, 11) is 1.24. The minimum atomic E-state index is -0.766. The molecule has 0 saturated carbocycles. The minimum Gasteiger partial charge on any atom is -0.467 e.